The Bertz CT molecular complexity index is 728. The maximum Gasteiger partial charge on any atom is 0.175 e. The van der Waals surface area contributed by atoms with Crippen molar-refractivity contribution in [2.75, 3.05) is 13.7 Å². The van der Waals surface area contributed by atoms with Gasteiger partial charge in [0.05, 0.1) is 22.7 Å². The third kappa shape index (κ3) is 5.85. The predicted octanol–water partition coefficient (Wildman–Crippen LogP) is 4.30. The highest BCUT2D eigenvalue weighted by Crippen LogP contribution is 2.37. The summed E-state index contributed by atoms with van der Waals surface area (Å²) in [7, 11) is 1.56. The first-order valence-corrected chi connectivity index (χ1v) is 8.89. The molecule has 0 spiro atoms. The third-order valence-corrected chi connectivity index (χ3v) is 4.39. The van der Waals surface area contributed by atoms with Crippen molar-refractivity contribution >= 4 is 27.5 Å². The predicted molar refractivity (Wildman–Crippen MR) is 99.8 cm³/mol. The van der Waals surface area contributed by atoms with Crippen molar-refractivity contribution in [1.82, 2.24) is 5.32 Å². The smallest absolute Gasteiger partial charge is 0.175 e. The Balaban J connectivity index is 2.11. The first-order chi connectivity index (χ1) is 11.9. The van der Waals surface area contributed by atoms with E-state index < -0.39 is 6.10 Å². The van der Waals surface area contributed by atoms with Gasteiger partial charge in [0.25, 0.3) is 0 Å². The van der Waals surface area contributed by atoms with Crippen molar-refractivity contribution in [3.8, 4) is 11.5 Å². The number of halogens is 3. The van der Waals surface area contributed by atoms with E-state index in [-0.39, 0.29) is 12.4 Å². The number of hydrogen-bond acceptors (Lipinski definition) is 4. The zero-order valence-corrected chi connectivity index (χ0v) is 16.3. The molecule has 0 aliphatic carbocycles. The minimum atomic E-state index is -0.409. The second-order valence-electron chi connectivity index (χ2n) is 5.61. The van der Waals surface area contributed by atoms with Crippen LogP contribution in [0.2, 0.25) is 5.02 Å². The van der Waals surface area contributed by atoms with Gasteiger partial charge < -0.3 is 19.9 Å². The zero-order chi connectivity index (χ0) is 18.4. The van der Waals surface area contributed by atoms with E-state index in [0.29, 0.717) is 35.2 Å². The Morgan fingerprint density at radius 1 is 1.32 bits per heavy atom. The molecular formula is C18H20BrClFNO3. The lowest BCUT2D eigenvalue weighted by atomic mass is 10.2. The molecule has 0 saturated heterocycles. The lowest BCUT2D eigenvalue weighted by Crippen LogP contribution is -2.23. The standard InChI is InChI=1S/C18H20BrClFNO3/c1-11(23)8-22-9-12-5-15(19)18(17(6-12)24-2)25-10-13-3-4-14(21)7-16(13)20/h3-7,11,22-23H,8-10H2,1-2H3/t11-/m1/s1. The lowest BCUT2D eigenvalue weighted by molar-refractivity contribution is 0.191. The van der Waals surface area contributed by atoms with Crippen LogP contribution in [0.1, 0.15) is 18.1 Å². The normalized spacial score (nSPS) is 12.1. The van der Waals surface area contributed by atoms with E-state index in [9.17, 15) is 9.50 Å². The van der Waals surface area contributed by atoms with Gasteiger partial charge in [-0.05, 0) is 52.7 Å². The highest BCUT2D eigenvalue weighted by Gasteiger charge is 2.13. The van der Waals surface area contributed by atoms with Gasteiger partial charge >= 0.3 is 0 Å². The van der Waals surface area contributed by atoms with Crippen molar-refractivity contribution in [2.24, 2.45) is 0 Å². The van der Waals surface area contributed by atoms with Crippen LogP contribution in [0.15, 0.2) is 34.8 Å². The van der Waals surface area contributed by atoms with E-state index in [1.807, 2.05) is 12.1 Å². The Kier molecular flexibility index (Phi) is 7.50. The van der Waals surface area contributed by atoms with Gasteiger partial charge in [-0.15, -0.1) is 0 Å². The second kappa shape index (κ2) is 9.38. The first-order valence-electron chi connectivity index (χ1n) is 7.72. The summed E-state index contributed by atoms with van der Waals surface area (Å²) < 4.78 is 25.1. The van der Waals surface area contributed by atoms with E-state index in [4.69, 9.17) is 21.1 Å². The average molecular weight is 433 g/mol. The van der Waals surface area contributed by atoms with Crippen molar-refractivity contribution in [2.45, 2.75) is 26.2 Å². The largest absolute Gasteiger partial charge is 0.493 e. The van der Waals surface area contributed by atoms with Crippen molar-refractivity contribution < 1.29 is 19.0 Å². The van der Waals surface area contributed by atoms with Gasteiger partial charge in [-0.1, -0.05) is 17.7 Å². The van der Waals surface area contributed by atoms with Gasteiger partial charge in [0.1, 0.15) is 12.4 Å². The molecule has 0 radical (unpaired) electrons. The van der Waals surface area contributed by atoms with E-state index in [1.165, 1.54) is 12.1 Å². The fourth-order valence-electron chi connectivity index (χ4n) is 2.23. The molecular weight excluding hydrogens is 413 g/mol. The highest BCUT2D eigenvalue weighted by atomic mass is 79.9. The Labute approximate surface area is 160 Å². The van der Waals surface area contributed by atoms with Crippen LogP contribution in [0.25, 0.3) is 0 Å². The summed E-state index contributed by atoms with van der Waals surface area (Å²) in [5.74, 6) is 0.727. The molecule has 0 heterocycles. The molecule has 136 valence electrons. The summed E-state index contributed by atoms with van der Waals surface area (Å²) in [5, 5.41) is 12.8. The number of rotatable bonds is 8. The van der Waals surface area contributed by atoms with Crippen molar-refractivity contribution in [1.29, 1.82) is 0 Å². The number of aliphatic hydroxyl groups is 1. The molecule has 0 aromatic heterocycles. The number of benzene rings is 2. The van der Waals surface area contributed by atoms with Crippen LogP contribution in [-0.2, 0) is 13.2 Å². The minimum Gasteiger partial charge on any atom is -0.493 e. The molecule has 2 aromatic rings. The summed E-state index contributed by atoms with van der Waals surface area (Å²) in [6, 6.07) is 7.96. The maximum absolute atomic E-state index is 13.1. The second-order valence-corrected chi connectivity index (χ2v) is 6.87. The van der Waals surface area contributed by atoms with E-state index >= 15 is 0 Å². The number of aliphatic hydroxyl groups excluding tert-OH is 1. The summed E-state index contributed by atoms with van der Waals surface area (Å²) in [6.45, 7) is 3.00. The molecule has 2 N–H and O–H groups in total. The van der Waals surface area contributed by atoms with Crippen LogP contribution in [-0.4, -0.2) is 24.9 Å². The van der Waals surface area contributed by atoms with Crippen molar-refractivity contribution in [3.63, 3.8) is 0 Å². The molecule has 0 aliphatic rings. The fourth-order valence-corrected chi connectivity index (χ4v) is 3.06. The van der Waals surface area contributed by atoms with Crippen LogP contribution in [0.5, 0.6) is 11.5 Å². The first kappa shape index (κ1) is 20.0. The number of methoxy groups -OCH3 is 1. The van der Waals surface area contributed by atoms with Crippen LogP contribution in [0.3, 0.4) is 0 Å². The monoisotopic (exact) mass is 431 g/mol. The van der Waals surface area contributed by atoms with Crippen LogP contribution < -0.4 is 14.8 Å². The minimum absolute atomic E-state index is 0.188. The number of ether oxygens (including phenoxy) is 2. The summed E-state index contributed by atoms with van der Waals surface area (Å²) >= 11 is 9.51. The average Bonchev–Trinajstić information content (AvgIpc) is 2.54. The van der Waals surface area contributed by atoms with E-state index in [2.05, 4.69) is 21.2 Å². The third-order valence-electron chi connectivity index (χ3n) is 3.45. The molecule has 25 heavy (non-hydrogen) atoms. The quantitative estimate of drug-likeness (QED) is 0.653. The Morgan fingerprint density at radius 3 is 2.72 bits per heavy atom. The van der Waals surface area contributed by atoms with Gasteiger partial charge in [-0.3, -0.25) is 0 Å². The summed E-state index contributed by atoms with van der Waals surface area (Å²) in [4.78, 5) is 0. The Hall–Kier alpha value is -1.34. The van der Waals surface area contributed by atoms with Crippen molar-refractivity contribution in [3.05, 3.63) is 56.8 Å². The van der Waals surface area contributed by atoms with Gasteiger partial charge in [-0.25, -0.2) is 4.39 Å². The molecule has 0 aliphatic heterocycles. The van der Waals surface area contributed by atoms with Gasteiger partial charge in [0.15, 0.2) is 11.5 Å². The van der Waals surface area contributed by atoms with Gasteiger partial charge in [0, 0.05) is 18.7 Å². The molecule has 1 atom stereocenters. The SMILES string of the molecule is COc1cc(CNC[C@@H](C)O)cc(Br)c1OCc1ccc(F)cc1Cl. The number of nitrogens with one attached hydrogen (secondary N) is 1. The van der Waals surface area contributed by atoms with E-state index in [0.717, 1.165) is 10.0 Å². The molecule has 0 saturated carbocycles. The molecule has 0 unspecified atom stereocenters. The highest BCUT2D eigenvalue weighted by molar-refractivity contribution is 9.10. The topological polar surface area (TPSA) is 50.7 Å². The summed E-state index contributed by atoms with van der Waals surface area (Å²) in [6.07, 6.45) is -0.409. The molecule has 2 aromatic carbocycles. The maximum atomic E-state index is 13.1. The number of hydrogen-bond donors (Lipinski definition) is 2. The molecule has 0 fully saturated rings. The van der Waals surface area contributed by atoms with Gasteiger partial charge in [0.2, 0.25) is 0 Å². The van der Waals surface area contributed by atoms with E-state index in [1.54, 1.807) is 20.1 Å². The molecule has 7 heteroatoms. The fraction of sp³-hybridized carbons (Fsp3) is 0.333. The Morgan fingerprint density at radius 2 is 2.08 bits per heavy atom. The van der Waals surface area contributed by atoms with Crippen LogP contribution >= 0.6 is 27.5 Å². The van der Waals surface area contributed by atoms with Gasteiger partial charge in [-0.2, -0.15) is 0 Å². The lowest BCUT2D eigenvalue weighted by Gasteiger charge is -2.15. The van der Waals surface area contributed by atoms with Crippen LogP contribution in [0, 0.1) is 5.82 Å². The van der Waals surface area contributed by atoms with Crippen LogP contribution in [0.4, 0.5) is 4.39 Å². The zero-order valence-electron chi connectivity index (χ0n) is 14.0. The molecule has 2 rings (SSSR count). The molecule has 0 bridgehead atoms. The molecule has 0 amide bonds. The molecule has 4 nitrogen and oxygen atoms in total. The summed E-state index contributed by atoms with van der Waals surface area (Å²) in [5.41, 5.74) is 1.66.